The summed E-state index contributed by atoms with van der Waals surface area (Å²) >= 11 is 0. The Kier molecular flexibility index (Phi) is 6.86. The molecule has 0 aliphatic carbocycles. The maximum atomic E-state index is 12.2. The standard InChI is InChI=1S/C18H29N3O4/c1-15-4-5-17(25-15)16(20-9-12-23-13-10-20)14-19-18(22)6-8-21-7-2-3-11-24-21/h4-5,16H,2-3,6-14H2,1H3,(H,19,22)/t16-/m0/s1. The third-order valence-electron chi connectivity index (χ3n) is 4.73. The number of hydrogen-bond acceptors (Lipinski definition) is 6. The van der Waals surface area contributed by atoms with Gasteiger partial charge in [-0.05, 0) is 31.9 Å². The molecule has 1 N–H and O–H groups in total. The van der Waals surface area contributed by atoms with Crippen LogP contribution in [0.15, 0.2) is 16.5 Å². The third-order valence-corrected chi connectivity index (χ3v) is 4.73. The second kappa shape index (κ2) is 9.33. The molecule has 0 spiro atoms. The van der Waals surface area contributed by atoms with Crippen molar-refractivity contribution < 1.29 is 18.8 Å². The molecule has 140 valence electrons. The highest BCUT2D eigenvalue weighted by Gasteiger charge is 2.25. The first-order valence-corrected chi connectivity index (χ1v) is 9.25. The van der Waals surface area contributed by atoms with Crippen molar-refractivity contribution in [3.05, 3.63) is 23.7 Å². The number of carbonyl (C=O) groups is 1. The van der Waals surface area contributed by atoms with Gasteiger partial charge in [-0.25, -0.2) is 0 Å². The molecule has 0 saturated carbocycles. The van der Waals surface area contributed by atoms with Crippen LogP contribution >= 0.6 is 0 Å². The first kappa shape index (κ1) is 18.4. The molecular weight excluding hydrogens is 322 g/mol. The predicted octanol–water partition coefficient (Wildman–Crippen LogP) is 1.50. The molecule has 1 amide bonds. The molecule has 0 aromatic carbocycles. The topological polar surface area (TPSA) is 67.2 Å². The summed E-state index contributed by atoms with van der Waals surface area (Å²) in [6.45, 7) is 7.95. The number of hydrogen-bond donors (Lipinski definition) is 1. The Balaban J connectivity index is 1.50. The third kappa shape index (κ3) is 5.54. The van der Waals surface area contributed by atoms with Gasteiger partial charge in [0.1, 0.15) is 11.5 Å². The predicted molar refractivity (Wildman–Crippen MR) is 93.0 cm³/mol. The van der Waals surface area contributed by atoms with E-state index in [1.807, 2.05) is 24.1 Å². The van der Waals surface area contributed by atoms with Crippen LogP contribution in [-0.2, 0) is 14.4 Å². The van der Waals surface area contributed by atoms with E-state index in [1.54, 1.807) is 0 Å². The number of carbonyl (C=O) groups excluding carboxylic acids is 1. The number of morpholine rings is 1. The molecule has 1 aromatic rings. The van der Waals surface area contributed by atoms with Gasteiger partial charge in [-0.3, -0.25) is 14.5 Å². The Morgan fingerprint density at radius 1 is 1.20 bits per heavy atom. The normalized spacial score (nSPS) is 21.2. The van der Waals surface area contributed by atoms with E-state index in [1.165, 1.54) is 0 Å². The van der Waals surface area contributed by atoms with Gasteiger partial charge in [-0.15, -0.1) is 0 Å². The van der Waals surface area contributed by atoms with Crippen LogP contribution in [0.25, 0.3) is 0 Å². The molecule has 3 rings (SSSR count). The van der Waals surface area contributed by atoms with Gasteiger partial charge in [-0.2, -0.15) is 5.06 Å². The summed E-state index contributed by atoms with van der Waals surface area (Å²) in [5, 5.41) is 4.96. The summed E-state index contributed by atoms with van der Waals surface area (Å²) in [5.41, 5.74) is 0. The van der Waals surface area contributed by atoms with E-state index in [0.29, 0.717) is 19.5 Å². The van der Waals surface area contributed by atoms with Crippen molar-refractivity contribution in [1.29, 1.82) is 0 Å². The van der Waals surface area contributed by atoms with E-state index >= 15 is 0 Å². The van der Waals surface area contributed by atoms with Crippen molar-refractivity contribution >= 4 is 5.91 Å². The Bertz CT molecular complexity index is 536. The van der Waals surface area contributed by atoms with Crippen LogP contribution in [0.3, 0.4) is 0 Å². The molecule has 7 nitrogen and oxygen atoms in total. The molecular formula is C18H29N3O4. The van der Waals surface area contributed by atoms with E-state index in [2.05, 4.69) is 10.2 Å². The first-order chi connectivity index (χ1) is 12.2. The number of nitrogens with zero attached hydrogens (tertiary/aromatic N) is 2. The van der Waals surface area contributed by atoms with Gasteiger partial charge in [0.25, 0.3) is 0 Å². The summed E-state index contributed by atoms with van der Waals surface area (Å²) in [6.07, 6.45) is 2.69. The van der Waals surface area contributed by atoms with Crippen LogP contribution in [0, 0.1) is 6.92 Å². The van der Waals surface area contributed by atoms with Gasteiger partial charge < -0.3 is 14.5 Å². The summed E-state index contributed by atoms with van der Waals surface area (Å²) in [7, 11) is 0. The molecule has 2 aliphatic heterocycles. The highest BCUT2D eigenvalue weighted by Crippen LogP contribution is 2.23. The molecule has 25 heavy (non-hydrogen) atoms. The number of ether oxygens (including phenoxy) is 1. The van der Waals surface area contributed by atoms with Gasteiger partial charge in [0.05, 0.1) is 25.9 Å². The van der Waals surface area contributed by atoms with Gasteiger partial charge in [-0.1, -0.05) is 0 Å². The SMILES string of the molecule is Cc1ccc([C@H](CNC(=O)CCN2CCCCO2)N2CCOCC2)o1. The Labute approximate surface area is 149 Å². The van der Waals surface area contributed by atoms with E-state index < -0.39 is 0 Å². The molecule has 0 radical (unpaired) electrons. The molecule has 2 fully saturated rings. The molecule has 7 heteroatoms. The van der Waals surface area contributed by atoms with E-state index in [-0.39, 0.29) is 11.9 Å². The van der Waals surface area contributed by atoms with E-state index in [0.717, 1.165) is 63.8 Å². The first-order valence-electron chi connectivity index (χ1n) is 9.25. The van der Waals surface area contributed by atoms with Crippen LogP contribution in [0.5, 0.6) is 0 Å². The van der Waals surface area contributed by atoms with Crippen LogP contribution in [0.2, 0.25) is 0 Å². The summed E-state index contributed by atoms with van der Waals surface area (Å²) < 4.78 is 11.3. The minimum Gasteiger partial charge on any atom is -0.465 e. The number of rotatable bonds is 7. The summed E-state index contributed by atoms with van der Waals surface area (Å²) in [6, 6.07) is 4.02. The van der Waals surface area contributed by atoms with Crippen molar-refractivity contribution in [3.63, 3.8) is 0 Å². The largest absolute Gasteiger partial charge is 0.465 e. The lowest BCUT2D eigenvalue weighted by Gasteiger charge is -2.33. The molecule has 1 aromatic heterocycles. The quantitative estimate of drug-likeness (QED) is 0.803. The van der Waals surface area contributed by atoms with Crippen molar-refractivity contribution in [2.45, 2.75) is 32.2 Å². The van der Waals surface area contributed by atoms with Gasteiger partial charge >= 0.3 is 0 Å². The smallest absolute Gasteiger partial charge is 0.221 e. The fourth-order valence-electron chi connectivity index (χ4n) is 3.28. The average molecular weight is 351 g/mol. The van der Waals surface area contributed by atoms with Gasteiger partial charge in [0, 0.05) is 39.1 Å². The number of amides is 1. The summed E-state index contributed by atoms with van der Waals surface area (Å²) in [5.74, 6) is 1.84. The van der Waals surface area contributed by atoms with E-state index in [9.17, 15) is 4.79 Å². The molecule has 0 unspecified atom stereocenters. The maximum absolute atomic E-state index is 12.2. The Hall–Kier alpha value is -1.41. The average Bonchev–Trinajstić information content (AvgIpc) is 3.08. The van der Waals surface area contributed by atoms with Crippen LogP contribution in [-0.4, -0.2) is 68.4 Å². The number of nitrogens with one attached hydrogen (secondary N) is 1. The van der Waals surface area contributed by atoms with Crippen LogP contribution < -0.4 is 5.32 Å². The molecule has 0 bridgehead atoms. The lowest BCUT2D eigenvalue weighted by Crippen LogP contribution is -2.44. The molecule has 2 saturated heterocycles. The number of aryl methyl sites for hydroxylation is 1. The minimum absolute atomic E-state index is 0.0489. The highest BCUT2D eigenvalue weighted by molar-refractivity contribution is 5.76. The zero-order valence-corrected chi connectivity index (χ0v) is 15.0. The number of furan rings is 1. The molecule has 1 atom stereocenters. The monoisotopic (exact) mass is 351 g/mol. The highest BCUT2D eigenvalue weighted by atomic mass is 16.7. The Morgan fingerprint density at radius 3 is 2.72 bits per heavy atom. The number of hydroxylamine groups is 2. The lowest BCUT2D eigenvalue weighted by molar-refractivity contribution is -0.181. The molecule has 3 heterocycles. The van der Waals surface area contributed by atoms with Crippen molar-refractivity contribution in [2.75, 3.05) is 52.5 Å². The lowest BCUT2D eigenvalue weighted by atomic mass is 10.1. The fraction of sp³-hybridized carbons (Fsp3) is 0.722. The van der Waals surface area contributed by atoms with E-state index in [4.69, 9.17) is 14.0 Å². The van der Waals surface area contributed by atoms with Crippen molar-refractivity contribution in [3.8, 4) is 0 Å². The maximum Gasteiger partial charge on any atom is 0.221 e. The second-order valence-corrected chi connectivity index (χ2v) is 6.64. The minimum atomic E-state index is 0.0489. The van der Waals surface area contributed by atoms with Crippen molar-refractivity contribution in [1.82, 2.24) is 15.3 Å². The zero-order chi connectivity index (χ0) is 17.5. The second-order valence-electron chi connectivity index (χ2n) is 6.64. The Morgan fingerprint density at radius 2 is 2.04 bits per heavy atom. The van der Waals surface area contributed by atoms with Crippen LogP contribution in [0.1, 0.15) is 36.8 Å². The zero-order valence-electron chi connectivity index (χ0n) is 15.0. The van der Waals surface area contributed by atoms with Gasteiger partial charge in [0.15, 0.2) is 0 Å². The van der Waals surface area contributed by atoms with Crippen molar-refractivity contribution in [2.24, 2.45) is 0 Å². The summed E-state index contributed by atoms with van der Waals surface area (Å²) in [4.78, 5) is 20.1. The molecule has 2 aliphatic rings. The van der Waals surface area contributed by atoms with Crippen LogP contribution in [0.4, 0.5) is 0 Å². The fourth-order valence-corrected chi connectivity index (χ4v) is 3.28. The van der Waals surface area contributed by atoms with Gasteiger partial charge in [0.2, 0.25) is 5.91 Å².